The molecule has 3 aromatic rings. The van der Waals surface area contributed by atoms with E-state index in [4.69, 9.17) is 29.6 Å². The zero-order valence-corrected chi connectivity index (χ0v) is 12.6. The first-order valence-electron chi connectivity index (χ1n) is 6.35. The second-order valence-corrected chi connectivity index (χ2v) is 5.44. The van der Waals surface area contributed by atoms with Gasteiger partial charge in [-0.25, -0.2) is 4.68 Å². The van der Waals surface area contributed by atoms with Crippen LogP contribution in [0.1, 0.15) is 5.56 Å². The van der Waals surface area contributed by atoms with E-state index in [1.807, 2.05) is 42.6 Å². The maximum atomic E-state index is 6.07. The van der Waals surface area contributed by atoms with Crippen molar-refractivity contribution in [2.45, 2.75) is 0 Å². The van der Waals surface area contributed by atoms with Crippen LogP contribution in [0, 0.1) is 0 Å². The number of hydrogen-bond donors (Lipinski definition) is 1. The maximum Gasteiger partial charge on any atom is 0.106 e. The molecular formula is C16H12ClN3S. The van der Waals surface area contributed by atoms with Gasteiger partial charge in [0.25, 0.3) is 0 Å². The molecule has 0 fully saturated rings. The van der Waals surface area contributed by atoms with Crippen LogP contribution in [0.3, 0.4) is 0 Å². The number of rotatable bonds is 3. The number of aromatic nitrogens is 2. The molecule has 0 saturated heterocycles. The van der Waals surface area contributed by atoms with Crippen molar-refractivity contribution in [1.29, 1.82) is 0 Å². The molecule has 0 spiro atoms. The third-order valence-corrected chi connectivity index (χ3v) is 3.62. The third kappa shape index (κ3) is 2.82. The number of thiocarbonyl (C=S) groups is 1. The second-order valence-electron chi connectivity index (χ2n) is 4.57. The highest BCUT2D eigenvalue weighted by molar-refractivity contribution is 7.80. The van der Waals surface area contributed by atoms with Gasteiger partial charge < -0.3 is 5.73 Å². The molecule has 0 saturated carbocycles. The van der Waals surface area contributed by atoms with Crippen molar-refractivity contribution in [3.05, 3.63) is 71.5 Å². The molecule has 0 amide bonds. The molecule has 1 aromatic heterocycles. The minimum atomic E-state index is 0.318. The molecule has 0 aliphatic carbocycles. The predicted octanol–water partition coefficient (Wildman–Crippen LogP) is 3.83. The Morgan fingerprint density at radius 2 is 1.86 bits per heavy atom. The summed E-state index contributed by atoms with van der Waals surface area (Å²) in [5.74, 6) is 0. The summed E-state index contributed by atoms with van der Waals surface area (Å²) in [7, 11) is 0. The molecule has 0 radical (unpaired) electrons. The Bertz CT molecular complexity index is 796. The van der Waals surface area contributed by atoms with Crippen LogP contribution in [0.25, 0.3) is 16.8 Å². The van der Waals surface area contributed by atoms with Gasteiger partial charge in [-0.3, -0.25) is 0 Å². The van der Waals surface area contributed by atoms with E-state index in [0.717, 1.165) is 22.4 Å². The van der Waals surface area contributed by atoms with Gasteiger partial charge in [-0.2, -0.15) is 5.10 Å². The van der Waals surface area contributed by atoms with Crippen LogP contribution in [0.5, 0.6) is 0 Å². The maximum absolute atomic E-state index is 6.07. The Hall–Kier alpha value is -2.17. The SMILES string of the molecule is NC(=S)c1ccc(Cl)cc1-n1cc(-c2ccccc2)cn1. The Balaban J connectivity index is 2.08. The Morgan fingerprint density at radius 1 is 1.10 bits per heavy atom. The van der Waals surface area contributed by atoms with Gasteiger partial charge in [0.2, 0.25) is 0 Å². The predicted molar refractivity (Wildman–Crippen MR) is 89.9 cm³/mol. The molecule has 3 rings (SSSR count). The van der Waals surface area contributed by atoms with E-state index < -0.39 is 0 Å². The standard InChI is InChI=1S/C16H12ClN3S/c17-13-6-7-14(16(18)21)15(8-13)20-10-12(9-19-20)11-4-2-1-3-5-11/h1-10H,(H2,18,21). The monoisotopic (exact) mass is 313 g/mol. The molecule has 0 aliphatic heterocycles. The van der Waals surface area contributed by atoms with E-state index in [-0.39, 0.29) is 0 Å². The summed E-state index contributed by atoms with van der Waals surface area (Å²) in [5.41, 5.74) is 9.41. The van der Waals surface area contributed by atoms with E-state index in [1.54, 1.807) is 23.0 Å². The molecule has 0 atom stereocenters. The summed E-state index contributed by atoms with van der Waals surface area (Å²) in [4.78, 5) is 0.318. The summed E-state index contributed by atoms with van der Waals surface area (Å²) in [6.07, 6.45) is 3.74. The van der Waals surface area contributed by atoms with Crippen LogP contribution in [-0.4, -0.2) is 14.8 Å². The minimum Gasteiger partial charge on any atom is -0.389 e. The van der Waals surface area contributed by atoms with Gasteiger partial charge >= 0.3 is 0 Å². The first kappa shape index (κ1) is 13.8. The molecular weight excluding hydrogens is 302 g/mol. The molecule has 104 valence electrons. The number of nitrogens with two attached hydrogens (primary N) is 1. The molecule has 0 unspecified atom stereocenters. The van der Waals surface area contributed by atoms with Crippen LogP contribution in [0.4, 0.5) is 0 Å². The van der Waals surface area contributed by atoms with Crippen LogP contribution in [0.15, 0.2) is 60.9 Å². The van der Waals surface area contributed by atoms with Gasteiger partial charge in [0.15, 0.2) is 0 Å². The molecule has 2 aromatic carbocycles. The topological polar surface area (TPSA) is 43.8 Å². The van der Waals surface area contributed by atoms with Crippen molar-refractivity contribution in [1.82, 2.24) is 9.78 Å². The average molecular weight is 314 g/mol. The fourth-order valence-corrected chi connectivity index (χ4v) is 2.48. The van der Waals surface area contributed by atoms with Gasteiger partial charge in [0.05, 0.1) is 11.9 Å². The Kier molecular flexibility index (Phi) is 3.73. The molecule has 1 heterocycles. The highest BCUT2D eigenvalue weighted by atomic mass is 35.5. The van der Waals surface area contributed by atoms with Crippen LogP contribution < -0.4 is 5.73 Å². The van der Waals surface area contributed by atoms with Crippen molar-refractivity contribution >= 4 is 28.8 Å². The number of halogens is 1. The minimum absolute atomic E-state index is 0.318. The van der Waals surface area contributed by atoms with Crippen molar-refractivity contribution in [3.63, 3.8) is 0 Å². The van der Waals surface area contributed by atoms with E-state index in [2.05, 4.69) is 5.10 Å². The number of benzene rings is 2. The van der Waals surface area contributed by atoms with Gasteiger partial charge in [0.1, 0.15) is 4.99 Å². The summed E-state index contributed by atoms with van der Waals surface area (Å²) < 4.78 is 1.74. The largest absolute Gasteiger partial charge is 0.389 e. The first-order valence-corrected chi connectivity index (χ1v) is 7.13. The second kappa shape index (κ2) is 5.68. The third-order valence-electron chi connectivity index (χ3n) is 3.16. The summed E-state index contributed by atoms with van der Waals surface area (Å²) in [5, 5.41) is 5.00. The number of hydrogen-bond acceptors (Lipinski definition) is 2. The van der Waals surface area contributed by atoms with Crippen molar-refractivity contribution in [2.24, 2.45) is 5.73 Å². The highest BCUT2D eigenvalue weighted by Crippen LogP contribution is 2.23. The van der Waals surface area contributed by atoms with E-state index in [9.17, 15) is 0 Å². The quantitative estimate of drug-likeness (QED) is 0.747. The van der Waals surface area contributed by atoms with Gasteiger partial charge in [-0.15, -0.1) is 0 Å². The van der Waals surface area contributed by atoms with Gasteiger partial charge in [-0.1, -0.05) is 54.2 Å². The van der Waals surface area contributed by atoms with Crippen molar-refractivity contribution in [2.75, 3.05) is 0 Å². The van der Waals surface area contributed by atoms with Crippen LogP contribution >= 0.6 is 23.8 Å². The lowest BCUT2D eigenvalue weighted by Gasteiger charge is -2.08. The normalized spacial score (nSPS) is 10.5. The van der Waals surface area contributed by atoms with E-state index in [1.165, 1.54) is 0 Å². The molecule has 21 heavy (non-hydrogen) atoms. The Labute approximate surface area is 133 Å². The van der Waals surface area contributed by atoms with Crippen molar-refractivity contribution in [3.8, 4) is 16.8 Å². The molecule has 2 N–H and O–H groups in total. The summed E-state index contributed by atoms with van der Waals surface area (Å²) in [6, 6.07) is 15.4. The zero-order valence-electron chi connectivity index (χ0n) is 11.0. The smallest absolute Gasteiger partial charge is 0.106 e. The fourth-order valence-electron chi connectivity index (χ4n) is 2.14. The van der Waals surface area contributed by atoms with Gasteiger partial charge in [0, 0.05) is 22.3 Å². The summed E-state index contributed by atoms with van der Waals surface area (Å²) in [6.45, 7) is 0. The van der Waals surface area contributed by atoms with Crippen LogP contribution in [0.2, 0.25) is 5.02 Å². The lowest BCUT2D eigenvalue weighted by molar-refractivity contribution is 0.879. The molecule has 5 heteroatoms. The first-order chi connectivity index (χ1) is 10.1. The van der Waals surface area contributed by atoms with E-state index in [0.29, 0.717) is 10.0 Å². The lowest BCUT2D eigenvalue weighted by Crippen LogP contribution is -2.13. The Morgan fingerprint density at radius 3 is 2.57 bits per heavy atom. The number of nitrogens with zero attached hydrogens (tertiary/aromatic N) is 2. The molecule has 0 aliphatic rings. The molecule has 0 bridgehead atoms. The highest BCUT2D eigenvalue weighted by Gasteiger charge is 2.10. The zero-order chi connectivity index (χ0) is 14.8. The molecule has 3 nitrogen and oxygen atoms in total. The average Bonchev–Trinajstić information content (AvgIpc) is 2.97. The van der Waals surface area contributed by atoms with E-state index >= 15 is 0 Å². The van der Waals surface area contributed by atoms with Crippen molar-refractivity contribution < 1.29 is 0 Å². The fraction of sp³-hybridized carbons (Fsp3) is 0. The van der Waals surface area contributed by atoms with Gasteiger partial charge in [-0.05, 0) is 23.8 Å². The van der Waals surface area contributed by atoms with Crippen LogP contribution in [-0.2, 0) is 0 Å². The lowest BCUT2D eigenvalue weighted by atomic mass is 10.1. The summed E-state index contributed by atoms with van der Waals surface area (Å²) >= 11 is 11.2.